The average molecular weight is 597 g/mol. The van der Waals surface area contributed by atoms with E-state index in [9.17, 15) is 19.2 Å². The zero-order valence-corrected chi connectivity index (χ0v) is 20.9. The number of hydrogen-bond donors (Lipinski definition) is 1. The molecule has 2 bridgehead atoms. The molecule has 1 heterocycles. The number of nitrogens with zero attached hydrogens (tertiary/aromatic N) is 1. The Morgan fingerprint density at radius 2 is 1.74 bits per heavy atom. The van der Waals surface area contributed by atoms with Crippen LogP contribution in [-0.2, 0) is 23.9 Å². The van der Waals surface area contributed by atoms with Gasteiger partial charge in [-0.15, -0.1) is 0 Å². The molecule has 1 N–H and O–H groups in total. The van der Waals surface area contributed by atoms with Gasteiger partial charge in [0.15, 0.2) is 6.61 Å². The molecule has 1 aromatic carbocycles. The molecule has 2 saturated carbocycles. The minimum atomic E-state index is -1.12. The molecule has 11 heteroatoms. The van der Waals surface area contributed by atoms with Crippen molar-refractivity contribution in [3.8, 4) is 0 Å². The smallest absolute Gasteiger partial charge is 0.329 e. The highest BCUT2D eigenvalue weighted by Gasteiger charge is 2.67. The van der Waals surface area contributed by atoms with Gasteiger partial charge in [-0.05, 0) is 37.3 Å². The van der Waals surface area contributed by atoms with Crippen LogP contribution in [0.5, 0.6) is 0 Å². The van der Waals surface area contributed by atoms with Gasteiger partial charge in [0.1, 0.15) is 6.04 Å². The number of carbonyl (C=O) groups excluding carboxylic acids is 4. The Morgan fingerprint density at radius 1 is 1.16 bits per heavy atom. The molecule has 31 heavy (non-hydrogen) atoms. The fourth-order valence-corrected chi connectivity index (χ4v) is 7.12. The third-order valence-electron chi connectivity index (χ3n) is 6.32. The Kier molecular flexibility index (Phi) is 6.42. The van der Waals surface area contributed by atoms with Crippen LogP contribution >= 0.6 is 55.1 Å². The van der Waals surface area contributed by atoms with Crippen molar-refractivity contribution in [2.75, 3.05) is 11.9 Å². The molecule has 3 aliphatic rings. The Morgan fingerprint density at radius 3 is 2.32 bits per heavy atom. The lowest BCUT2D eigenvalue weighted by Gasteiger charge is -2.28. The number of carbonyl (C=O) groups is 4. The number of amides is 3. The highest BCUT2D eigenvalue weighted by atomic mass is 79.9. The highest BCUT2D eigenvalue weighted by Crippen LogP contribution is 2.60. The predicted molar refractivity (Wildman–Crippen MR) is 121 cm³/mol. The number of imide groups is 1. The van der Waals surface area contributed by atoms with Crippen molar-refractivity contribution in [1.82, 2.24) is 4.90 Å². The summed E-state index contributed by atoms with van der Waals surface area (Å²) in [6.45, 7) is 0.845. The van der Waals surface area contributed by atoms with Crippen LogP contribution in [0.1, 0.15) is 13.3 Å². The van der Waals surface area contributed by atoms with Crippen molar-refractivity contribution in [3.05, 3.63) is 28.2 Å². The van der Waals surface area contributed by atoms with Gasteiger partial charge in [0.05, 0.1) is 27.6 Å². The molecule has 0 unspecified atom stereocenters. The first-order chi connectivity index (χ1) is 14.6. The van der Waals surface area contributed by atoms with Crippen molar-refractivity contribution in [2.45, 2.75) is 29.0 Å². The maximum absolute atomic E-state index is 13.0. The second kappa shape index (κ2) is 8.65. The molecular formula is C20H18Br2Cl2N2O5. The van der Waals surface area contributed by atoms with E-state index < -0.39 is 36.4 Å². The number of alkyl halides is 2. The number of esters is 1. The SMILES string of the molecule is C[C@H](C(=O)OCC(=O)Nc1cccc(Cl)c1Cl)N1C(=O)[C@@H]2[C@H]3C[C@@H]([C@H](Br)[C@H]3Br)[C@@H]2C1=O. The van der Waals surface area contributed by atoms with Crippen LogP contribution < -0.4 is 5.32 Å². The van der Waals surface area contributed by atoms with E-state index >= 15 is 0 Å². The average Bonchev–Trinajstić information content (AvgIpc) is 3.34. The Labute approximate surface area is 205 Å². The highest BCUT2D eigenvalue weighted by molar-refractivity contribution is 9.12. The van der Waals surface area contributed by atoms with Crippen molar-refractivity contribution >= 4 is 84.4 Å². The van der Waals surface area contributed by atoms with Crippen LogP contribution in [0.3, 0.4) is 0 Å². The second-order valence-corrected chi connectivity index (χ2v) is 10.9. The molecule has 0 spiro atoms. The van der Waals surface area contributed by atoms with Gasteiger partial charge in [0, 0.05) is 9.65 Å². The number of anilines is 1. The van der Waals surface area contributed by atoms with Crippen molar-refractivity contribution in [2.24, 2.45) is 23.7 Å². The minimum absolute atomic E-state index is 0.0530. The number of hydrogen-bond acceptors (Lipinski definition) is 5. The van der Waals surface area contributed by atoms with Crippen LogP contribution in [-0.4, -0.2) is 50.9 Å². The summed E-state index contributed by atoms with van der Waals surface area (Å²) in [5.41, 5.74) is 0.283. The summed E-state index contributed by atoms with van der Waals surface area (Å²) in [5, 5.41) is 2.94. The first-order valence-electron chi connectivity index (χ1n) is 9.69. The molecule has 7 nitrogen and oxygen atoms in total. The normalized spacial score (nSPS) is 32.2. The molecule has 1 saturated heterocycles. The summed E-state index contributed by atoms with van der Waals surface area (Å²) >= 11 is 19.2. The Balaban J connectivity index is 1.38. The molecule has 166 valence electrons. The summed E-state index contributed by atoms with van der Waals surface area (Å²) in [6.07, 6.45) is 0.803. The third kappa shape index (κ3) is 3.81. The van der Waals surface area contributed by atoms with Gasteiger partial charge >= 0.3 is 5.97 Å². The molecule has 2 aliphatic carbocycles. The number of halogens is 4. The first kappa shape index (κ1) is 23.0. The maximum atomic E-state index is 13.0. The number of ether oxygens (including phenoxy) is 1. The maximum Gasteiger partial charge on any atom is 0.329 e. The van der Waals surface area contributed by atoms with Crippen LogP contribution in [0.4, 0.5) is 5.69 Å². The van der Waals surface area contributed by atoms with E-state index in [4.69, 9.17) is 27.9 Å². The lowest BCUT2D eigenvalue weighted by molar-refractivity contribution is -0.159. The summed E-state index contributed by atoms with van der Waals surface area (Å²) < 4.78 is 5.06. The minimum Gasteiger partial charge on any atom is -0.454 e. The van der Waals surface area contributed by atoms with Crippen molar-refractivity contribution < 1.29 is 23.9 Å². The van der Waals surface area contributed by atoms with Crippen LogP contribution in [0.25, 0.3) is 0 Å². The van der Waals surface area contributed by atoms with E-state index in [0.29, 0.717) is 0 Å². The third-order valence-corrected chi connectivity index (χ3v) is 10.3. The fraction of sp³-hybridized carbons (Fsp3) is 0.500. The molecular weight excluding hydrogens is 579 g/mol. The van der Waals surface area contributed by atoms with Crippen LogP contribution in [0.15, 0.2) is 18.2 Å². The summed E-state index contributed by atoms with van der Waals surface area (Å²) in [6, 6.07) is 3.62. The monoisotopic (exact) mass is 594 g/mol. The van der Waals surface area contributed by atoms with Crippen molar-refractivity contribution in [3.63, 3.8) is 0 Å². The van der Waals surface area contributed by atoms with Gasteiger partial charge in [-0.25, -0.2) is 4.79 Å². The van der Waals surface area contributed by atoms with Gasteiger partial charge in [-0.1, -0.05) is 61.1 Å². The second-order valence-electron chi connectivity index (χ2n) is 7.98. The fourth-order valence-electron chi connectivity index (χ4n) is 4.90. The Bertz CT molecular complexity index is 945. The zero-order chi connectivity index (χ0) is 22.6. The molecule has 4 rings (SSSR count). The van der Waals surface area contributed by atoms with Crippen LogP contribution in [0.2, 0.25) is 10.0 Å². The van der Waals surface area contributed by atoms with Gasteiger partial charge in [-0.3, -0.25) is 19.3 Å². The van der Waals surface area contributed by atoms with Crippen molar-refractivity contribution in [1.29, 1.82) is 0 Å². The lowest BCUT2D eigenvalue weighted by atomic mass is 9.81. The number of likely N-dealkylation sites (tertiary alicyclic amines) is 1. The lowest BCUT2D eigenvalue weighted by Crippen LogP contribution is -2.45. The standard InChI is InChI=1S/C20H18Br2Cl2N2O5/c1-7(20(30)31-6-12(27)25-11-4-2-3-10(23)17(11)24)26-18(28)13-8-5-9(14(13)19(26)29)16(22)15(8)21/h2-4,7-9,13-16H,5-6H2,1H3,(H,25,27)/t7-,8-,9-,13-,14+,15+,16+/m1/s1. The zero-order valence-electron chi connectivity index (χ0n) is 16.2. The number of benzene rings is 1. The van der Waals surface area contributed by atoms with E-state index in [1.165, 1.54) is 6.92 Å². The van der Waals surface area contributed by atoms with E-state index in [0.717, 1.165) is 11.3 Å². The van der Waals surface area contributed by atoms with E-state index in [-0.39, 0.29) is 49.0 Å². The summed E-state index contributed by atoms with van der Waals surface area (Å²) in [5.74, 6) is -2.86. The predicted octanol–water partition coefficient (Wildman–Crippen LogP) is 3.64. The van der Waals surface area contributed by atoms with E-state index in [1.54, 1.807) is 18.2 Å². The van der Waals surface area contributed by atoms with Gasteiger partial charge in [0.25, 0.3) is 5.91 Å². The molecule has 3 amide bonds. The molecule has 7 atom stereocenters. The number of fused-ring (bicyclic) bond motifs is 5. The number of rotatable bonds is 5. The van der Waals surface area contributed by atoms with Gasteiger partial charge in [-0.2, -0.15) is 0 Å². The first-order valence-corrected chi connectivity index (χ1v) is 12.3. The Hall–Kier alpha value is -1.16. The van der Waals surface area contributed by atoms with Gasteiger partial charge < -0.3 is 10.1 Å². The largest absolute Gasteiger partial charge is 0.454 e. The summed E-state index contributed by atoms with van der Waals surface area (Å²) in [4.78, 5) is 51.8. The molecule has 1 aromatic rings. The molecule has 0 aromatic heterocycles. The van der Waals surface area contributed by atoms with Crippen LogP contribution in [0, 0.1) is 23.7 Å². The molecule has 0 radical (unpaired) electrons. The van der Waals surface area contributed by atoms with Gasteiger partial charge in [0.2, 0.25) is 11.8 Å². The number of nitrogens with one attached hydrogen (secondary N) is 1. The summed E-state index contributed by atoms with van der Waals surface area (Å²) in [7, 11) is 0. The van der Waals surface area contributed by atoms with E-state index in [2.05, 4.69) is 37.2 Å². The molecule has 1 aliphatic heterocycles. The van der Waals surface area contributed by atoms with E-state index in [1.807, 2.05) is 0 Å². The molecule has 3 fully saturated rings. The quantitative estimate of drug-likeness (QED) is 0.318. The topological polar surface area (TPSA) is 92.8 Å².